The Morgan fingerprint density at radius 1 is 0.950 bits per heavy atom. The Morgan fingerprint density at radius 2 is 1.55 bits per heavy atom. The Kier molecular flexibility index (Phi) is 3.94. The van der Waals surface area contributed by atoms with Gasteiger partial charge in [0.25, 0.3) is 0 Å². The highest BCUT2D eigenvalue weighted by atomic mass is 19.1. The second-order valence-electron chi connectivity index (χ2n) is 4.07. The van der Waals surface area contributed by atoms with Crippen LogP contribution in [0.2, 0.25) is 0 Å². The minimum Gasteiger partial charge on any atom is -0.497 e. The van der Waals surface area contributed by atoms with Gasteiger partial charge in [-0.05, 0) is 6.07 Å². The van der Waals surface area contributed by atoms with Gasteiger partial charge in [-0.2, -0.15) is 0 Å². The van der Waals surface area contributed by atoms with Crippen LogP contribution in [0.3, 0.4) is 0 Å². The zero-order valence-electron chi connectivity index (χ0n) is 10.3. The largest absolute Gasteiger partial charge is 0.497 e. The molecule has 2 rings (SSSR count). The summed E-state index contributed by atoms with van der Waals surface area (Å²) in [7, 11) is 1.23. The topological polar surface area (TPSA) is 29.5 Å². The Labute approximate surface area is 112 Å². The Hall–Kier alpha value is -2.08. The summed E-state index contributed by atoms with van der Waals surface area (Å²) in [6.07, 6.45) is -1.89. The van der Waals surface area contributed by atoms with Crippen LogP contribution in [0.1, 0.15) is 17.2 Å². The van der Waals surface area contributed by atoms with E-state index < -0.39 is 40.5 Å². The van der Waals surface area contributed by atoms with Gasteiger partial charge in [0.15, 0.2) is 0 Å². The van der Waals surface area contributed by atoms with Crippen LogP contribution in [-0.2, 0) is 0 Å². The molecule has 1 unspecified atom stereocenters. The molecule has 1 N–H and O–H groups in total. The molecule has 0 amide bonds. The molecule has 0 aliphatic heterocycles. The van der Waals surface area contributed by atoms with Crippen molar-refractivity contribution in [3.63, 3.8) is 0 Å². The molecule has 0 aromatic heterocycles. The number of aliphatic hydroxyl groups is 1. The summed E-state index contributed by atoms with van der Waals surface area (Å²) in [5.41, 5.74) is -1.15. The molecule has 0 heterocycles. The van der Waals surface area contributed by atoms with Crippen LogP contribution in [0, 0.1) is 23.3 Å². The quantitative estimate of drug-likeness (QED) is 0.877. The molecule has 2 aromatic carbocycles. The smallest absolute Gasteiger partial charge is 0.135 e. The summed E-state index contributed by atoms with van der Waals surface area (Å²) >= 11 is 0. The molecule has 0 bridgehead atoms. The number of hydrogen-bond donors (Lipinski definition) is 1. The Bertz CT molecular complexity index is 620. The number of aliphatic hydroxyl groups excluding tert-OH is 1. The third-order valence-corrected chi connectivity index (χ3v) is 2.82. The van der Waals surface area contributed by atoms with Gasteiger partial charge in [0, 0.05) is 23.8 Å². The number of hydrogen-bond acceptors (Lipinski definition) is 2. The van der Waals surface area contributed by atoms with Crippen LogP contribution in [0.25, 0.3) is 0 Å². The first-order chi connectivity index (χ1) is 9.43. The average Bonchev–Trinajstić information content (AvgIpc) is 2.37. The van der Waals surface area contributed by atoms with E-state index >= 15 is 0 Å². The van der Waals surface area contributed by atoms with E-state index in [1.165, 1.54) is 7.11 Å². The van der Waals surface area contributed by atoms with E-state index in [1.807, 2.05) is 0 Å². The highest BCUT2D eigenvalue weighted by Gasteiger charge is 2.23. The summed E-state index contributed by atoms with van der Waals surface area (Å²) in [6, 6.07) is 4.07. The molecule has 0 aliphatic carbocycles. The number of benzene rings is 2. The highest BCUT2D eigenvalue weighted by molar-refractivity contribution is 5.37. The summed E-state index contributed by atoms with van der Waals surface area (Å²) in [5, 5.41) is 9.91. The molecule has 0 radical (unpaired) electrons. The van der Waals surface area contributed by atoms with Gasteiger partial charge >= 0.3 is 0 Å². The average molecular weight is 286 g/mol. The fourth-order valence-electron chi connectivity index (χ4n) is 1.82. The minimum absolute atomic E-state index is 0.0736. The zero-order chi connectivity index (χ0) is 14.9. The van der Waals surface area contributed by atoms with Crippen molar-refractivity contribution in [3.05, 3.63) is 64.7 Å². The predicted molar refractivity (Wildman–Crippen MR) is 63.3 cm³/mol. The van der Waals surface area contributed by atoms with Gasteiger partial charge in [0.1, 0.15) is 35.1 Å². The van der Waals surface area contributed by atoms with E-state index in [2.05, 4.69) is 4.74 Å². The summed E-state index contributed by atoms with van der Waals surface area (Å²) in [5.74, 6) is -4.19. The van der Waals surface area contributed by atoms with Crippen molar-refractivity contribution in [1.82, 2.24) is 0 Å². The first-order valence-electron chi connectivity index (χ1n) is 5.60. The molecular weight excluding hydrogens is 276 g/mol. The van der Waals surface area contributed by atoms with Crippen LogP contribution in [-0.4, -0.2) is 12.2 Å². The highest BCUT2D eigenvalue weighted by Crippen LogP contribution is 2.31. The second kappa shape index (κ2) is 5.50. The van der Waals surface area contributed by atoms with Crippen molar-refractivity contribution in [1.29, 1.82) is 0 Å². The monoisotopic (exact) mass is 286 g/mol. The van der Waals surface area contributed by atoms with Crippen molar-refractivity contribution in [2.24, 2.45) is 0 Å². The lowest BCUT2D eigenvalue weighted by Gasteiger charge is -2.15. The SMILES string of the molecule is COc1cc(F)c(C(O)c2ccc(F)cc2F)c(F)c1. The third-order valence-electron chi connectivity index (χ3n) is 2.82. The second-order valence-corrected chi connectivity index (χ2v) is 4.07. The van der Waals surface area contributed by atoms with E-state index in [9.17, 15) is 22.7 Å². The molecule has 6 heteroatoms. The predicted octanol–water partition coefficient (Wildman–Crippen LogP) is 3.33. The maximum absolute atomic E-state index is 13.8. The number of methoxy groups -OCH3 is 1. The molecular formula is C14H10F4O2. The lowest BCUT2D eigenvalue weighted by Crippen LogP contribution is -2.08. The lowest BCUT2D eigenvalue weighted by atomic mass is 9.99. The maximum atomic E-state index is 13.8. The van der Waals surface area contributed by atoms with Crippen molar-refractivity contribution in [2.45, 2.75) is 6.10 Å². The van der Waals surface area contributed by atoms with E-state index in [0.29, 0.717) is 6.07 Å². The molecule has 106 valence electrons. The Morgan fingerprint density at radius 3 is 2.05 bits per heavy atom. The first-order valence-corrected chi connectivity index (χ1v) is 5.60. The van der Waals surface area contributed by atoms with Gasteiger partial charge in [-0.15, -0.1) is 0 Å². The zero-order valence-corrected chi connectivity index (χ0v) is 10.3. The van der Waals surface area contributed by atoms with Crippen LogP contribution in [0.15, 0.2) is 30.3 Å². The van der Waals surface area contributed by atoms with Gasteiger partial charge in [-0.1, -0.05) is 6.07 Å². The summed E-state index contributed by atoms with van der Waals surface area (Å²) in [6.45, 7) is 0. The Balaban J connectivity index is 2.50. The standard InChI is InChI=1S/C14H10F4O2/c1-20-8-5-11(17)13(12(18)6-8)14(19)9-3-2-7(15)4-10(9)16/h2-6,14,19H,1H3. The molecule has 2 aromatic rings. The number of halogens is 4. The van der Waals surface area contributed by atoms with Crippen LogP contribution >= 0.6 is 0 Å². The van der Waals surface area contributed by atoms with Crippen molar-refractivity contribution in [3.8, 4) is 5.75 Å². The maximum Gasteiger partial charge on any atom is 0.135 e. The number of ether oxygens (including phenoxy) is 1. The van der Waals surface area contributed by atoms with Gasteiger partial charge in [0.2, 0.25) is 0 Å². The molecule has 20 heavy (non-hydrogen) atoms. The van der Waals surface area contributed by atoms with Gasteiger partial charge in [0.05, 0.1) is 12.7 Å². The van der Waals surface area contributed by atoms with Gasteiger partial charge in [-0.25, -0.2) is 17.6 Å². The van der Waals surface area contributed by atoms with Crippen LogP contribution in [0.4, 0.5) is 17.6 Å². The molecule has 0 saturated heterocycles. The fourth-order valence-corrected chi connectivity index (χ4v) is 1.82. The normalized spacial score (nSPS) is 12.3. The third kappa shape index (κ3) is 2.60. The lowest BCUT2D eigenvalue weighted by molar-refractivity contribution is 0.203. The molecule has 0 fully saturated rings. The van der Waals surface area contributed by atoms with Crippen LogP contribution < -0.4 is 4.74 Å². The van der Waals surface area contributed by atoms with Gasteiger partial charge in [-0.3, -0.25) is 0 Å². The molecule has 0 saturated carbocycles. The van der Waals surface area contributed by atoms with E-state index in [1.54, 1.807) is 0 Å². The van der Waals surface area contributed by atoms with Crippen molar-refractivity contribution in [2.75, 3.05) is 7.11 Å². The molecule has 1 atom stereocenters. The molecule has 0 spiro atoms. The van der Waals surface area contributed by atoms with Crippen molar-refractivity contribution < 1.29 is 27.4 Å². The fraction of sp³-hybridized carbons (Fsp3) is 0.143. The van der Waals surface area contributed by atoms with Gasteiger partial charge < -0.3 is 9.84 Å². The van der Waals surface area contributed by atoms with E-state index in [-0.39, 0.29) is 5.75 Å². The van der Waals surface area contributed by atoms with Crippen LogP contribution in [0.5, 0.6) is 5.75 Å². The van der Waals surface area contributed by atoms with Crippen molar-refractivity contribution >= 4 is 0 Å². The summed E-state index contributed by atoms with van der Waals surface area (Å²) < 4.78 is 58.5. The minimum atomic E-state index is -1.89. The molecule has 0 aliphatic rings. The molecule has 2 nitrogen and oxygen atoms in total. The first kappa shape index (κ1) is 14.3. The summed E-state index contributed by atoms with van der Waals surface area (Å²) in [4.78, 5) is 0. The number of rotatable bonds is 3. The van der Waals surface area contributed by atoms with E-state index in [0.717, 1.165) is 24.3 Å². The van der Waals surface area contributed by atoms with E-state index in [4.69, 9.17) is 0 Å².